The first-order chi connectivity index (χ1) is 15.0. The number of tetrazole rings is 1. The average molecular weight is 422 g/mol. The molecular weight excluding hydrogens is 396 g/mol. The fourth-order valence-corrected chi connectivity index (χ4v) is 3.68. The molecule has 2 atom stereocenters. The van der Waals surface area contributed by atoms with Gasteiger partial charge in [-0.3, -0.25) is 4.79 Å². The number of rotatable bonds is 7. The second kappa shape index (κ2) is 9.22. The molecule has 3 aromatic rings. The maximum Gasteiger partial charge on any atom is 0.241 e. The van der Waals surface area contributed by atoms with Gasteiger partial charge >= 0.3 is 0 Å². The van der Waals surface area contributed by atoms with Gasteiger partial charge in [-0.05, 0) is 57.0 Å². The summed E-state index contributed by atoms with van der Waals surface area (Å²) in [6.45, 7) is 6.49. The summed E-state index contributed by atoms with van der Waals surface area (Å²) in [6.07, 6.45) is 4.69. The van der Waals surface area contributed by atoms with Crippen LogP contribution in [-0.4, -0.2) is 54.7 Å². The van der Waals surface area contributed by atoms with Gasteiger partial charge < -0.3 is 9.57 Å². The molecular formula is C22H26N6O3. The molecule has 1 saturated heterocycles. The molecule has 1 aromatic carbocycles. The summed E-state index contributed by atoms with van der Waals surface area (Å²) < 4.78 is 5.72. The van der Waals surface area contributed by atoms with Gasteiger partial charge in [0.1, 0.15) is 5.75 Å². The number of hydrogen-bond donors (Lipinski definition) is 0. The minimum atomic E-state index is -0.212. The molecule has 0 amide bonds. The second-order valence-corrected chi connectivity index (χ2v) is 7.92. The number of ether oxygens (including phenoxy) is 1. The van der Waals surface area contributed by atoms with Gasteiger partial charge in [0.2, 0.25) is 5.88 Å². The number of pyridine rings is 1. The van der Waals surface area contributed by atoms with Crippen molar-refractivity contribution in [2.24, 2.45) is 5.92 Å². The molecule has 3 heterocycles. The lowest BCUT2D eigenvalue weighted by molar-refractivity contribution is -0.119. The number of benzene rings is 1. The van der Waals surface area contributed by atoms with Gasteiger partial charge in [-0.15, -0.1) is 20.1 Å². The lowest BCUT2D eigenvalue weighted by Crippen LogP contribution is -2.46. The molecule has 9 nitrogen and oxygen atoms in total. The van der Waals surface area contributed by atoms with E-state index in [2.05, 4.69) is 27.3 Å². The van der Waals surface area contributed by atoms with Gasteiger partial charge in [-0.25, -0.2) is 4.98 Å². The highest BCUT2D eigenvalue weighted by atomic mass is 16.7. The van der Waals surface area contributed by atoms with Crippen LogP contribution in [0.5, 0.6) is 11.6 Å². The van der Waals surface area contributed by atoms with E-state index in [-0.39, 0.29) is 23.8 Å². The van der Waals surface area contributed by atoms with Crippen LogP contribution in [0.4, 0.5) is 0 Å². The molecule has 0 N–H and O–H groups in total. The van der Waals surface area contributed by atoms with Crippen molar-refractivity contribution in [3.63, 3.8) is 0 Å². The van der Waals surface area contributed by atoms with E-state index in [4.69, 9.17) is 9.57 Å². The second-order valence-electron chi connectivity index (χ2n) is 7.92. The van der Waals surface area contributed by atoms with Gasteiger partial charge in [0.25, 0.3) is 0 Å². The summed E-state index contributed by atoms with van der Waals surface area (Å²) in [5.74, 6) is 0.978. The van der Waals surface area contributed by atoms with Gasteiger partial charge in [-0.1, -0.05) is 12.1 Å². The fourth-order valence-electron chi connectivity index (χ4n) is 3.68. The van der Waals surface area contributed by atoms with Crippen LogP contribution in [-0.2, 0) is 0 Å². The normalized spacial score (nSPS) is 19.4. The monoisotopic (exact) mass is 422 g/mol. The van der Waals surface area contributed by atoms with Crippen LogP contribution in [0.2, 0.25) is 0 Å². The van der Waals surface area contributed by atoms with Gasteiger partial charge in [0, 0.05) is 36.3 Å². The maximum absolute atomic E-state index is 13.4. The molecule has 0 unspecified atom stereocenters. The molecule has 4 rings (SSSR count). The van der Waals surface area contributed by atoms with Crippen LogP contribution in [0.15, 0.2) is 48.9 Å². The van der Waals surface area contributed by atoms with Crippen molar-refractivity contribution in [1.29, 1.82) is 0 Å². The highest BCUT2D eigenvalue weighted by molar-refractivity contribution is 6.01. The summed E-state index contributed by atoms with van der Waals surface area (Å²) in [4.78, 5) is 25.1. The third-order valence-electron chi connectivity index (χ3n) is 5.22. The maximum atomic E-state index is 13.4. The van der Waals surface area contributed by atoms with Crippen LogP contribution in [0.3, 0.4) is 0 Å². The number of hydroxylamine groups is 2. The minimum Gasteiger partial charge on any atom is -0.491 e. The Labute approximate surface area is 180 Å². The van der Waals surface area contributed by atoms with E-state index in [1.54, 1.807) is 24.4 Å². The molecule has 0 aliphatic carbocycles. The molecule has 0 bridgehead atoms. The quantitative estimate of drug-likeness (QED) is 0.536. The molecule has 31 heavy (non-hydrogen) atoms. The number of ketones is 1. The third kappa shape index (κ3) is 4.88. The number of piperidine rings is 1. The van der Waals surface area contributed by atoms with Gasteiger partial charge in [0.15, 0.2) is 12.1 Å². The number of hydrogen-bond acceptors (Lipinski definition) is 8. The Morgan fingerprint density at radius 2 is 2.03 bits per heavy atom. The van der Waals surface area contributed by atoms with Crippen molar-refractivity contribution >= 4 is 5.78 Å². The lowest BCUT2D eigenvalue weighted by Gasteiger charge is -2.36. The number of carbonyl (C=O) groups excluding carboxylic acids is 1. The molecule has 9 heteroatoms. The zero-order chi connectivity index (χ0) is 21.8. The molecule has 0 radical (unpaired) electrons. The molecule has 1 aliphatic heterocycles. The van der Waals surface area contributed by atoms with Crippen molar-refractivity contribution in [1.82, 2.24) is 30.3 Å². The van der Waals surface area contributed by atoms with Crippen molar-refractivity contribution in [2.45, 2.75) is 45.8 Å². The average Bonchev–Trinajstić information content (AvgIpc) is 3.29. The Hall–Kier alpha value is -3.33. The first-order valence-electron chi connectivity index (χ1n) is 10.4. The number of Topliss-reactive ketones (excluding diaryl/α,β-unsaturated/α-hetero) is 1. The molecule has 1 aliphatic rings. The highest BCUT2D eigenvalue weighted by Gasteiger charge is 2.33. The standard InChI is InChI=1S/C22H26N6O3/c1-15(2)30-18-10-11-23-21(12-18)31-27-13-17(9-8-16(27)3)22(29)19-6-4-5-7-20(19)28-25-14-24-26-28/h4-7,10-12,14-17H,8-9,13H2,1-3H3/t16-,17-/m1/s1. The predicted octanol–water partition coefficient (Wildman–Crippen LogP) is 3.12. The van der Waals surface area contributed by atoms with Crippen molar-refractivity contribution in [2.75, 3.05) is 6.54 Å². The van der Waals surface area contributed by atoms with Crippen molar-refractivity contribution in [3.8, 4) is 17.3 Å². The highest BCUT2D eigenvalue weighted by Crippen LogP contribution is 2.28. The number of aromatic nitrogens is 5. The molecule has 1 fully saturated rings. The predicted molar refractivity (Wildman–Crippen MR) is 113 cm³/mol. The van der Waals surface area contributed by atoms with Crippen LogP contribution in [0, 0.1) is 5.92 Å². The summed E-state index contributed by atoms with van der Waals surface area (Å²) in [5.41, 5.74) is 1.20. The van der Waals surface area contributed by atoms with Gasteiger partial charge in [-0.2, -0.15) is 0 Å². The zero-order valence-electron chi connectivity index (χ0n) is 17.9. The van der Waals surface area contributed by atoms with Crippen molar-refractivity contribution < 1.29 is 14.4 Å². The zero-order valence-corrected chi connectivity index (χ0v) is 17.9. The summed E-state index contributed by atoms with van der Waals surface area (Å²) >= 11 is 0. The van der Waals surface area contributed by atoms with E-state index in [1.807, 2.05) is 37.1 Å². The molecule has 0 spiro atoms. The van der Waals surface area contributed by atoms with Crippen LogP contribution >= 0.6 is 0 Å². The van der Waals surface area contributed by atoms with E-state index in [0.29, 0.717) is 29.4 Å². The molecule has 0 saturated carbocycles. The SMILES string of the molecule is CC(C)Oc1ccnc(ON2C[C@H](C(=O)c3ccccc3-n3ncnn3)CC[C@H]2C)c1. The number of para-hydroxylation sites is 1. The third-order valence-corrected chi connectivity index (χ3v) is 5.22. The number of carbonyl (C=O) groups is 1. The van der Waals surface area contributed by atoms with Crippen molar-refractivity contribution in [3.05, 3.63) is 54.5 Å². The Morgan fingerprint density at radius 3 is 2.81 bits per heavy atom. The van der Waals surface area contributed by atoms with E-state index >= 15 is 0 Å². The van der Waals surface area contributed by atoms with E-state index in [9.17, 15) is 4.79 Å². The lowest BCUT2D eigenvalue weighted by atomic mass is 9.88. The molecule has 2 aromatic heterocycles. The van der Waals surface area contributed by atoms with Crippen LogP contribution in [0.25, 0.3) is 5.69 Å². The Kier molecular flexibility index (Phi) is 6.22. The Balaban J connectivity index is 1.50. The van der Waals surface area contributed by atoms with Crippen LogP contribution < -0.4 is 9.57 Å². The van der Waals surface area contributed by atoms with E-state index in [0.717, 1.165) is 12.8 Å². The Bertz CT molecular complexity index is 1020. The number of nitrogens with zero attached hydrogens (tertiary/aromatic N) is 6. The summed E-state index contributed by atoms with van der Waals surface area (Å²) in [5, 5.41) is 13.6. The minimum absolute atomic E-state index is 0.0400. The first-order valence-corrected chi connectivity index (χ1v) is 10.4. The van der Waals surface area contributed by atoms with Gasteiger partial charge in [0.05, 0.1) is 11.8 Å². The van der Waals surface area contributed by atoms with E-state index < -0.39 is 0 Å². The van der Waals surface area contributed by atoms with E-state index in [1.165, 1.54) is 11.1 Å². The molecule has 162 valence electrons. The topological polar surface area (TPSA) is 95.3 Å². The largest absolute Gasteiger partial charge is 0.491 e. The summed E-state index contributed by atoms with van der Waals surface area (Å²) in [6, 6.07) is 11.0. The summed E-state index contributed by atoms with van der Waals surface area (Å²) in [7, 11) is 0. The smallest absolute Gasteiger partial charge is 0.241 e. The first kappa shape index (κ1) is 20.9. The fraction of sp³-hybridized carbons (Fsp3) is 0.409. The Morgan fingerprint density at radius 1 is 1.19 bits per heavy atom. The van der Waals surface area contributed by atoms with Crippen LogP contribution in [0.1, 0.15) is 44.0 Å².